The Morgan fingerprint density at radius 2 is 1.54 bits per heavy atom. The van der Waals surface area contributed by atoms with Gasteiger partial charge in [-0.1, -0.05) is 60.7 Å². The van der Waals surface area contributed by atoms with Crippen molar-refractivity contribution in [1.82, 2.24) is 9.97 Å². The molecule has 0 amide bonds. The Morgan fingerprint density at radius 3 is 2.25 bits per heavy atom. The molecule has 0 saturated carbocycles. The van der Waals surface area contributed by atoms with Crippen molar-refractivity contribution in [3.05, 3.63) is 84.1 Å². The molecule has 1 aliphatic rings. The molecule has 0 aliphatic carbocycles. The maximum atomic E-state index is 4.74. The number of nitrogens with one attached hydrogen (secondary N) is 1. The van der Waals surface area contributed by atoms with Crippen LogP contribution < -0.4 is 10.2 Å². The molecule has 2 heterocycles. The Balaban J connectivity index is 1.27. The van der Waals surface area contributed by atoms with Gasteiger partial charge in [0.2, 0.25) is 5.95 Å². The topological polar surface area (TPSA) is 41.1 Å². The standard InChI is InChI=1S/C24H28N4/c1-3-7-20(8-4-1)11-15-25-23-12-16-26-24(27-23)28-17-13-22(14-18-28)19-21-9-5-2-6-10-21/h1-10,12,16,22H,11,13-15,17-19H2,(H,25,26,27). The van der Waals surface area contributed by atoms with E-state index in [1.807, 2.05) is 12.3 Å². The first kappa shape index (κ1) is 18.5. The fourth-order valence-corrected chi connectivity index (χ4v) is 3.86. The Bertz CT molecular complexity index is 843. The van der Waals surface area contributed by atoms with E-state index >= 15 is 0 Å². The third kappa shape index (κ3) is 5.10. The van der Waals surface area contributed by atoms with Crippen LogP contribution in [-0.4, -0.2) is 29.6 Å². The minimum Gasteiger partial charge on any atom is -0.370 e. The molecule has 1 fully saturated rings. The fourth-order valence-electron chi connectivity index (χ4n) is 3.86. The highest BCUT2D eigenvalue weighted by Gasteiger charge is 2.21. The van der Waals surface area contributed by atoms with Crippen molar-refractivity contribution in [1.29, 1.82) is 0 Å². The van der Waals surface area contributed by atoms with Gasteiger partial charge < -0.3 is 10.2 Å². The summed E-state index contributed by atoms with van der Waals surface area (Å²) >= 11 is 0. The second-order valence-corrected chi connectivity index (χ2v) is 7.52. The summed E-state index contributed by atoms with van der Waals surface area (Å²) in [6, 6.07) is 23.3. The van der Waals surface area contributed by atoms with Gasteiger partial charge in [0.05, 0.1) is 0 Å². The molecule has 1 aliphatic heterocycles. The average Bonchev–Trinajstić information content (AvgIpc) is 2.76. The third-order valence-electron chi connectivity index (χ3n) is 5.47. The lowest BCUT2D eigenvalue weighted by Gasteiger charge is -2.32. The number of aromatic nitrogens is 2. The normalized spacial score (nSPS) is 14.8. The molecule has 0 radical (unpaired) electrons. The molecule has 4 rings (SSSR count). The zero-order valence-electron chi connectivity index (χ0n) is 16.3. The summed E-state index contributed by atoms with van der Waals surface area (Å²) in [4.78, 5) is 11.6. The largest absolute Gasteiger partial charge is 0.370 e. The van der Waals surface area contributed by atoms with Gasteiger partial charge in [0.25, 0.3) is 0 Å². The maximum absolute atomic E-state index is 4.74. The molecule has 2 aromatic carbocycles. The first-order valence-electron chi connectivity index (χ1n) is 10.3. The van der Waals surface area contributed by atoms with Crippen LogP contribution in [0.3, 0.4) is 0 Å². The minimum absolute atomic E-state index is 0.755. The Morgan fingerprint density at radius 1 is 0.857 bits per heavy atom. The predicted molar refractivity (Wildman–Crippen MR) is 116 cm³/mol. The van der Waals surface area contributed by atoms with Crippen molar-refractivity contribution in [2.45, 2.75) is 25.7 Å². The zero-order chi connectivity index (χ0) is 19.0. The molecular weight excluding hydrogens is 344 g/mol. The van der Waals surface area contributed by atoms with Gasteiger partial charge in [0, 0.05) is 25.8 Å². The van der Waals surface area contributed by atoms with E-state index in [2.05, 4.69) is 75.9 Å². The summed E-state index contributed by atoms with van der Waals surface area (Å²) in [5, 5.41) is 3.44. The highest BCUT2D eigenvalue weighted by Crippen LogP contribution is 2.24. The van der Waals surface area contributed by atoms with E-state index in [0.717, 1.165) is 43.7 Å². The number of hydrogen-bond donors (Lipinski definition) is 1. The van der Waals surface area contributed by atoms with Crippen molar-refractivity contribution in [2.24, 2.45) is 5.92 Å². The van der Waals surface area contributed by atoms with Gasteiger partial charge in [-0.15, -0.1) is 0 Å². The Hall–Kier alpha value is -2.88. The summed E-state index contributed by atoms with van der Waals surface area (Å²) in [6.07, 6.45) is 6.43. The highest BCUT2D eigenvalue weighted by atomic mass is 15.3. The van der Waals surface area contributed by atoms with Crippen LogP contribution in [0, 0.1) is 5.92 Å². The molecular formula is C24H28N4. The van der Waals surface area contributed by atoms with Gasteiger partial charge in [0.1, 0.15) is 5.82 Å². The Kier molecular flexibility index (Phi) is 6.18. The first-order valence-corrected chi connectivity index (χ1v) is 10.3. The number of benzene rings is 2. The highest BCUT2D eigenvalue weighted by molar-refractivity contribution is 5.41. The smallest absolute Gasteiger partial charge is 0.227 e. The van der Waals surface area contributed by atoms with Crippen LogP contribution in [0.2, 0.25) is 0 Å². The van der Waals surface area contributed by atoms with Gasteiger partial charge in [-0.2, -0.15) is 4.98 Å². The van der Waals surface area contributed by atoms with Crippen molar-refractivity contribution in [3.63, 3.8) is 0 Å². The van der Waals surface area contributed by atoms with Crippen LogP contribution in [0.4, 0.5) is 11.8 Å². The van der Waals surface area contributed by atoms with Gasteiger partial charge in [-0.25, -0.2) is 4.98 Å². The van der Waals surface area contributed by atoms with E-state index in [1.54, 1.807) is 0 Å². The minimum atomic E-state index is 0.755. The van der Waals surface area contributed by atoms with Gasteiger partial charge in [-0.3, -0.25) is 0 Å². The zero-order valence-corrected chi connectivity index (χ0v) is 16.3. The summed E-state index contributed by atoms with van der Waals surface area (Å²) < 4.78 is 0. The first-order chi connectivity index (χ1) is 13.9. The van der Waals surface area contributed by atoms with Crippen LogP contribution in [-0.2, 0) is 12.8 Å². The predicted octanol–water partition coefficient (Wildman–Crippen LogP) is 4.59. The summed E-state index contributed by atoms with van der Waals surface area (Å²) in [6.45, 7) is 2.94. The van der Waals surface area contributed by atoms with Crippen molar-refractivity contribution >= 4 is 11.8 Å². The van der Waals surface area contributed by atoms with Gasteiger partial charge in [0.15, 0.2) is 0 Å². The number of hydrogen-bond acceptors (Lipinski definition) is 4. The van der Waals surface area contributed by atoms with E-state index in [-0.39, 0.29) is 0 Å². The van der Waals surface area contributed by atoms with Gasteiger partial charge in [-0.05, 0) is 48.8 Å². The number of piperidine rings is 1. The summed E-state index contributed by atoms with van der Waals surface area (Å²) in [5.41, 5.74) is 2.78. The summed E-state index contributed by atoms with van der Waals surface area (Å²) in [7, 11) is 0. The van der Waals surface area contributed by atoms with E-state index in [4.69, 9.17) is 4.98 Å². The molecule has 4 heteroatoms. The Labute approximate surface area is 167 Å². The van der Waals surface area contributed by atoms with Crippen LogP contribution in [0.5, 0.6) is 0 Å². The molecule has 3 aromatic rings. The van der Waals surface area contributed by atoms with Crippen LogP contribution in [0.25, 0.3) is 0 Å². The number of anilines is 2. The number of nitrogens with zero attached hydrogens (tertiary/aromatic N) is 3. The lowest BCUT2D eigenvalue weighted by atomic mass is 9.90. The molecule has 0 bridgehead atoms. The van der Waals surface area contributed by atoms with Crippen LogP contribution in [0.1, 0.15) is 24.0 Å². The average molecular weight is 373 g/mol. The number of rotatable bonds is 7. The lowest BCUT2D eigenvalue weighted by molar-refractivity contribution is 0.400. The van der Waals surface area contributed by atoms with Crippen molar-refractivity contribution in [2.75, 3.05) is 29.9 Å². The quantitative estimate of drug-likeness (QED) is 0.658. The molecule has 0 unspecified atom stereocenters. The second kappa shape index (κ2) is 9.36. The molecule has 1 aromatic heterocycles. The fraction of sp³-hybridized carbons (Fsp3) is 0.333. The van der Waals surface area contributed by atoms with E-state index in [0.29, 0.717) is 0 Å². The third-order valence-corrected chi connectivity index (χ3v) is 5.47. The van der Waals surface area contributed by atoms with Crippen LogP contribution >= 0.6 is 0 Å². The SMILES string of the molecule is c1ccc(CCNc2ccnc(N3CCC(Cc4ccccc4)CC3)n2)cc1. The molecule has 28 heavy (non-hydrogen) atoms. The van der Waals surface area contributed by atoms with E-state index in [9.17, 15) is 0 Å². The molecule has 144 valence electrons. The maximum Gasteiger partial charge on any atom is 0.227 e. The lowest BCUT2D eigenvalue weighted by Crippen LogP contribution is -2.35. The van der Waals surface area contributed by atoms with E-state index < -0.39 is 0 Å². The van der Waals surface area contributed by atoms with Crippen molar-refractivity contribution < 1.29 is 0 Å². The van der Waals surface area contributed by atoms with E-state index in [1.165, 1.54) is 30.4 Å². The summed E-state index contributed by atoms with van der Waals surface area (Å²) in [5.74, 6) is 2.51. The van der Waals surface area contributed by atoms with Crippen LogP contribution in [0.15, 0.2) is 72.9 Å². The molecule has 1 saturated heterocycles. The van der Waals surface area contributed by atoms with Gasteiger partial charge >= 0.3 is 0 Å². The molecule has 1 N–H and O–H groups in total. The van der Waals surface area contributed by atoms with Crippen molar-refractivity contribution in [3.8, 4) is 0 Å². The molecule has 0 spiro atoms. The molecule has 0 atom stereocenters. The monoisotopic (exact) mass is 372 g/mol. The molecule has 4 nitrogen and oxygen atoms in total. The second-order valence-electron chi connectivity index (χ2n) is 7.52.